The van der Waals surface area contributed by atoms with Gasteiger partial charge in [0.2, 0.25) is 5.91 Å². The van der Waals surface area contributed by atoms with Crippen molar-refractivity contribution in [1.29, 1.82) is 0 Å². The van der Waals surface area contributed by atoms with Crippen LogP contribution in [-0.4, -0.2) is 49.0 Å². The molecule has 2 rings (SSSR count). The van der Waals surface area contributed by atoms with Crippen LogP contribution in [0.3, 0.4) is 0 Å². The molecule has 0 bridgehead atoms. The van der Waals surface area contributed by atoms with Crippen molar-refractivity contribution in [3.05, 3.63) is 0 Å². The molecule has 6 heteroatoms. The number of amides is 2. The van der Waals surface area contributed by atoms with Gasteiger partial charge in [0.25, 0.3) is 5.91 Å². The Kier molecular flexibility index (Phi) is 3.74. The molecule has 1 atom stereocenters. The molecule has 0 radical (unpaired) electrons. The first-order chi connectivity index (χ1) is 7.75. The molecule has 0 spiro atoms. The van der Waals surface area contributed by atoms with E-state index >= 15 is 0 Å². The number of carbonyl (C=O) groups excluding carboxylic acids is 2. The number of piperidine rings is 1. The third-order valence-electron chi connectivity index (χ3n) is 2.95. The Morgan fingerprint density at radius 1 is 1.31 bits per heavy atom. The van der Waals surface area contributed by atoms with Gasteiger partial charge >= 0.3 is 0 Å². The Labute approximate surface area is 94.7 Å². The highest BCUT2D eigenvalue weighted by Gasteiger charge is 2.25. The molecular weight excluding hydrogens is 208 g/mol. The fourth-order valence-corrected chi connectivity index (χ4v) is 1.99. The van der Waals surface area contributed by atoms with E-state index in [9.17, 15) is 9.59 Å². The number of nitrogens with one attached hydrogen (secondary N) is 3. The lowest BCUT2D eigenvalue weighted by Gasteiger charge is -2.30. The minimum absolute atomic E-state index is 0.0537. The van der Waals surface area contributed by atoms with Crippen LogP contribution in [0.4, 0.5) is 0 Å². The van der Waals surface area contributed by atoms with Crippen molar-refractivity contribution in [3.8, 4) is 0 Å². The molecular formula is C10H18N4O2. The van der Waals surface area contributed by atoms with Gasteiger partial charge in [0.15, 0.2) is 0 Å². The Hall–Kier alpha value is -1.14. The molecule has 16 heavy (non-hydrogen) atoms. The van der Waals surface area contributed by atoms with Crippen LogP contribution in [0.2, 0.25) is 0 Å². The number of hydrazine groups is 1. The van der Waals surface area contributed by atoms with Gasteiger partial charge in [-0.25, -0.2) is 5.01 Å². The highest BCUT2D eigenvalue weighted by atomic mass is 16.2. The molecule has 2 aliphatic heterocycles. The highest BCUT2D eigenvalue weighted by molar-refractivity contribution is 5.86. The van der Waals surface area contributed by atoms with E-state index in [1.54, 1.807) is 0 Å². The summed E-state index contributed by atoms with van der Waals surface area (Å²) < 4.78 is 0. The molecule has 90 valence electrons. The number of piperazine rings is 1. The van der Waals surface area contributed by atoms with E-state index in [1.807, 2.05) is 5.01 Å². The number of carbonyl (C=O) groups is 2. The van der Waals surface area contributed by atoms with Crippen LogP contribution in [-0.2, 0) is 9.59 Å². The summed E-state index contributed by atoms with van der Waals surface area (Å²) in [4.78, 5) is 22.7. The first kappa shape index (κ1) is 11.3. The third-order valence-corrected chi connectivity index (χ3v) is 2.95. The van der Waals surface area contributed by atoms with Crippen LogP contribution < -0.4 is 16.1 Å². The van der Waals surface area contributed by atoms with Gasteiger partial charge in [-0.1, -0.05) is 6.42 Å². The van der Waals surface area contributed by atoms with Crippen molar-refractivity contribution in [1.82, 2.24) is 21.1 Å². The van der Waals surface area contributed by atoms with Crippen LogP contribution in [0.15, 0.2) is 0 Å². The number of nitrogens with zero attached hydrogens (tertiary/aromatic N) is 1. The Morgan fingerprint density at radius 3 is 2.69 bits per heavy atom. The van der Waals surface area contributed by atoms with Crippen molar-refractivity contribution in [2.24, 2.45) is 0 Å². The molecule has 0 aliphatic carbocycles. The second kappa shape index (κ2) is 5.27. The quantitative estimate of drug-likeness (QED) is 0.541. The molecule has 2 saturated heterocycles. The van der Waals surface area contributed by atoms with E-state index in [4.69, 9.17) is 0 Å². The normalized spacial score (nSPS) is 27.2. The lowest BCUT2D eigenvalue weighted by molar-refractivity contribution is -0.130. The van der Waals surface area contributed by atoms with Crippen LogP contribution in [0.1, 0.15) is 19.3 Å². The molecule has 2 amide bonds. The van der Waals surface area contributed by atoms with Gasteiger partial charge in [-0.2, -0.15) is 0 Å². The summed E-state index contributed by atoms with van der Waals surface area (Å²) in [7, 11) is 0. The Balaban J connectivity index is 1.76. The van der Waals surface area contributed by atoms with E-state index in [-0.39, 0.29) is 24.4 Å². The average Bonchev–Trinajstić information content (AvgIpc) is 2.31. The Bertz CT molecular complexity index is 266. The molecule has 0 aromatic heterocycles. The number of rotatable bonds is 2. The van der Waals surface area contributed by atoms with E-state index < -0.39 is 0 Å². The first-order valence-corrected chi connectivity index (χ1v) is 5.81. The predicted octanol–water partition coefficient (Wildman–Crippen LogP) is -1.41. The van der Waals surface area contributed by atoms with Crippen LogP contribution >= 0.6 is 0 Å². The zero-order chi connectivity index (χ0) is 11.4. The molecule has 0 saturated carbocycles. The second-order valence-electron chi connectivity index (χ2n) is 4.26. The van der Waals surface area contributed by atoms with E-state index in [0.29, 0.717) is 6.54 Å². The molecule has 0 aromatic rings. The number of hydrogen-bond donors (Lipinski definition) is 3. The summed E-state index contributed by atoms with van der Waals surface area (Å²) in [5, 5.41) is 7.54. The topological polar surface area (TPSA) is 73.5 Å². The maximum absolute atomic E-state index is 11.8. The minimum Gasteiger partial charge on any atom is -0.353 e. The maximum Gasteiger partial charge on any atom is 0.253 e. The third kappa shape index (κ3) is 2.93. The summed E-state index contributed by atoms with van der Waals surface area (Å²) in [5.41, 5.74) is 2.88. The molecule has 0 aromatic carbocycles. The zero-order valence-corrected chi connectivity index (χ0v) is 9.29. The van der Waals surface area contributed by atoms with Gasteiger partial charge in [0.05, 0.1) is 6.54 Å². The van der Waals surface area contributed by atoms with Crippen molar-refractivity contribution >= 4 is 11.8 Å². The average molecular weight is 226 g/mol. The number of hydrogen-bond acceptors (Lipinski definition) is 4. The monoisotopic (exact) mass is 226 g/mol. The van der Waals surface area contributed by atoms with E-state index in [2.05, 4.69) is 16.1 Å². The molecule has 3 N–H and O–H groups in total. The summed E-state index contributed by atoms with van der Waals surface area (Å²) >= 11 is 0. The summed E-state index contributed by atoms with van der Waals surface area (Å²) in [6, 6.07) is -0.306. The summed E-state index contributed by atoms with van der Waals surface area (Å²) in [6.07, 6.45) is 3.51. The largest absolute Gasteiger partial charge is 0.353 e. The lowest BCUT2D eigenvalue weighted by Crippen LogP contribution is -2.60. The molecule has 1 unspecified atom stereocenters. The second-order valence-corrected chi connectivity index (χ2v) is 4.26. The fourth-order valence-electron chi connectivity index (χ4n) is 1.99. The van der Waals surface area contributed by atoms with Crippen LogP contribution in [0, 0.1) is 0 Å². The first-order valence-electron chi connectivity index (χ1n) is 5.81. The standard InChI is InChI=1S/C10H18N4O2/c15-9-7-11-8(6-12-9)10(16)13-14-4-2-1-3-5-14/h8,11H,1-7H2,(H,12,15)(H,13,16). The predicted molar refractivity (Wildman–Crippen MR) is 58.4 cm³/mol. The fraction of sp³-hybridized carbons (Fsp3) is 0.800. The van der Waals surface area contributed by atoms with Crippen molar-refractivity contribution < 1.29 is 9.59 Å². The molecule has 2 aliphatic rings. The minimum atomic E-state index is -0.306. The van der Waals surface area contributed by atoms with Gasteiger partial charge in [-0.3, -0.25) is 20.3 Å². The lowest BCUT2D eigenvalue weighted by atomic mass is 10.1. The highest BCUT2D eigenvalue weighted by Crippen LogP contribution is 2.05. The SMILES string of the molecule is O=C1CNC(C(=O)NN2CCCCC2)CN1. The Morgan fingerprint density at radius 2 is 2.06 bits per heavy atom. The van der Waals surface area contributed by atoms with Crippen LogP contribution in [0.25, 0.3) is 0 Å². The molecule has 2 heterocycles. The van der Waals surface area contributed by atoms with Gasteiger partial charge in [0.1, 0.15) is 6.04 Å². The maximum atomic E-state index is 11.8. The summed E-state index contributed by atoms with van der Waals surface area (Å²) in [6.45, 7) is 2.44. The molecule has 6 nitrogen and oxygen atoms in total. The summed E-state index contributed by atoms with van der Waals surface area (Å²) in [5.74, 6) is -0.107. The smallest absolute Gasteiger partial charge is 0.253 e. The van der Waals surface area contributed by atoms with Crippen molar-refractivity contribution in [3.63, 3.8) is 0 Å². The van der Waals surface area contributed by atoms with Gasteiger partial charge in [-0.05, 0) is 12.8 Å². The van der Waals surface area contributed by atoms with Gasteiger partial charge in [-0.15, -0.1) is 0 Å². The zero-order valence-electron chi connectivity index (χ0n) is 9.29. The van der Waals surface area contributed by atoms with Crippen molar-refractivity contribution in [2.75, 3.05) is 26.2 Å². The van der Waals surface area contributed by atoms with Gasteiger partial charge in [0, 0.05) is 19.6 Å². The molecule has 2 fully saturated rings. The van der Waals surface area contributed by atoms with Crippen molar-refractivity contribution in [2.45, 2.75) is 25.3 Å². The van der Waals surface area contributed by atoms with Gasteiger partial charge < -0.3 is 5.32 Å². The van der Waals surface area contributed by atoms with Crippen LogP contribution in [0.5, 0.6) is 0 Å². The van der Waals surface area contributed by atoms with E-state index in [1.165, 1.54) is 6.42 Å². The van der Waals surface area contributed by atoms with E-state index in [0.717, 1.165) is 25.9 Å².